The number of hydrogen-bond donors (Lipinski definition) is 0. The highest BCUT2D eigenvalue weighted by Crippen LogP contribution is 2.43. The smallest absolute Gasteiger partial charge is 0.255 e. The average molecular weight is 658 g/mol. The van der Waals surface area contributed by atoms with Crippen LogP contribution in [0, 0.1) is 36.4 Å². The summed E-state index contributed by atoms with van der Waals surface area (Å²) in [7, 11) is 0. The maximum Gasteiger partial charge on any atom is 0.262 e. The summed E-state index contributed by atoms with van der Waals surface area (Å²) < 4.78 is 58.8. The second-order valence-corrected chi connectivity index (χ2v) is 11.4. The lowest BCUT2D eigenvalue weighted by atomic mass is 9.95. The number of nitrogens with zero attached hydrogens (tertiary/aromatic N) is 5. The molecule has 50 heavy (non-hydrogen) atoms. The fourth-order valence-electron chi connectivity index (χ4n) is 6.28. The predicted molar refractivity (Wildman–Crippen MR) is 186 cm³/mol. The van der Waals surface area contributed by atoms with E-state index in [-0.39, 0.29) is 11.3 Å². The second-order valence-electron chi connectivity index (χ2n) is 11.4. The van der Waals surface area contributed by atoms with Crippen molar-refractivity contribution in [3.63, 3.8) is 0 Å². The zero-order valence-electron chi connectivity index (χ0n) is 25.7. The van der Waals surface area contributed by atoms with Crippen LogP contribution in [0.4, 0.5) is 28.9 Å². The van der Waals surface area contributed by atoms with Crippen LogP contribution in [0.5, 0.6) is 0 Å². The first-order valence-corrected chi connectivity index (χ1v) is 15.3. The van der Waals surface area contributed by atoms with Crippen LogP contribution in [0.2, 0.25) is 0 Å². The van der Waals surface area contributed by atoms with Crippen molar-refractivity contribution >= 4 is 44.1 Å². The van der Waals surface area contributed by atoms with Gasteiger partial charge in [0.05, 0.1) is 52.3 Å². The fourth-order valence-corrected chi connectivity index (χ4v) is 6.28. The summed E-state index contributed by atoms with van der Waals surface area (Å²) in [5.41, 5.74) is 3.30. The molecule has 236 valence electrons. The number of hydrogen-bond acceptors (Lipinski definition) is 3. The van der Waals surface area contributed by atoms with Crippen LogP contribution >= 0.6 is 0 Å². The van der Waals surface area contributed by atoms with Crippen molar-refractivity contribution < 1.29 is 17.6 Å². The van der Waals surface area contributed by atoms with E-state index < -0.39 is 34.5 Å². The van der Waals surface area contributed by atoms with Gasteiger partial charge in [-0.15, -0.1) is 0 Å². The van der Waals surface area contributed by atoms with Gasteiger partial charge in [0.2, 0.25) is 5.69 Å². The summed E-state index contributed by atoms with van der Waals surface area (Å²) in [4.78, 5) is 21.7. The van der Waals surface area contributed by atoms with Crippen LogP contribution in [-0.2, 0) is 0 Å². The Bertz CT molecular complexity index is 2730. The highest BCUT2D eigenvalue weighted by Gasteiger charge is 2.27. The largest absolute Gasteiger partial charge is 0.262 e. The molecule has 8 aromatic rings. The Morgan fingerprint density at radius 3 is 1.56 bits per heavy atom. The van der Waals surface area contributed by atoms with Gasteiger partial charge < -0.3 is 0 Å². The van der Waals surface area contributed by atoms with Gasteiger partial charge in [0.1, 0.15) is 0 Å². The molecule has 0 fully saturated rings. The summed E-state index contributed by atoms with van der Waals surface area (Å²) >= 11 is 0. The van der Waals surface area contributed by atoms with Gasteiger partial charge in [-0.05, 0) is 17.7 Å². The fraction of sp³-hybridized carbons (Fsp3) is 0. The predicted octanol–water partition coefficient (Wildman–Crippen LogP) is 11.7. The highest BCUT2D eigenvalue weighted by atomic mass is 19.2. The molecule has 0 aliphatic carbocycles. The first kappa shape index (κ1) is 30.4. The number of benzene rings is 6. The molecule has 6 aromatic carbocycles. The lowest BCUT2D eigenvalue weighted by Gasteiger charge is -2.16. The van der Waals surface area contributed by atoms with Crippen molar-refractivity contribution in [3.05, 3.63) is 161 Å². The second kappa shape index (κ2) is 11.9. The van der Waals surface area contributed by atoms with Gasteiger partial charge in [0, 0.05) is 32.8 Å². The van der Waals surface area contributed by atoms with Crippen molar-refractivity contribution in [1.29, 1.82) is 0 Å². The first-order valence-electron chi connectivity index (χ1n) is 15.3. The van der Waals surface area contributed by atoms with E-state index >= 15 is 0 Å². The molecule has 0 bridgehead atoms. The van der Waals surface area contributed by atoms with E-state index in [9.17, 15) is 17.6 Å². The average Bonchev–Trinajstić information content (AvgIpc) is 3.17. The van der Waals surface area contributed by atoms with Crippen LogP contribution in [0.15, 0.2) is 115 Å². The molecule has 2 heterocycles. The third kappa shape index (κ3) is 4.72. The molecule has 0 atom stereocenters. The van der Waals surface area contributed by atoms with Crippen LogP contribution in [-0.4, -0.2) is 15.0 Å². The lowest BCUT2D eigenvalue weighted by molar-refractivity contribution is 0.465. The summed E-state index contributed by atoms with van der Waals surface area (Å²) in [6.07, 6.45) is 0. The summed E-state index contributed by atoms with van der Waals surface area (Å²) in [6, 6.07) is 34.2. The lowest BCUT2D eigenvalue weighted by Crippen LogP contribution is -2.00. The number of pyridine rings is 1. The van der Waals surface area contributed by atoms with Crippen LogP contribution < -0.4 is 0 Å². The molecule has 0 unspecified atom stereocenters. The molecule has 0 aliphatic rings. The molecule has 0 radical (unpaired) electrons. The molecular formula is C41H19F4N5. The van der Waals surface area contributed by atoms with Gasteiger partial charge in [-0.3, -0.25) is 4.98 Å². The minimum atomic E-state index is -1.76. The number of aromatic nitrogens is 3. The third-order valence-electron chi connectivity index (χ3n) is 8.60. The monoisotopic (exact) mass is 657 g/mol. The molecular weight excluding hydrogens is 638 g/mol. The summed E-state index contributed by atoms with van der Waals surface area (Å²) in [5.74, 6) is -6.84. The van der Waals surface area contributed by atoms with Crippen LogP contribution in [0.25, 0.3) is 87.3 Å². The normalized spacial score (nSPS) is 11.2. The van der Waals surface area contributed by atoms with Crippen molar-refractivity contribution in [2.45, 2.75) is 0 Å². The third-order valence-corrected chi connectivity index (χ3v) is 8.60. The number of fused-ring (bicyclic) bond motifs is 5. The van der Waals surface area contributed by atoms with Gasteiger partial charge in [-0.25, -0.2) is 37.2 Å². The van der Waals surface area contributed by atoms with E-state index in [1.165, 1.54) is 24.3 Å². The SMILES string of the molecule is [C-]#[N+]c1c(F)c(F)c(-c2ccc(-c3nc4ccccc4c4c3cc([N+]#[C-])c3nc(-c5ccccc5)c(-c5ccccc5)nc34)cc2)c(F)c1F. The van der Waals surface area contributed by atoms with E-state index in [0.29, 0.717) is 50.0 Å². The molecule has 0 saturated carbocycles. The van der Waals surface area contributed by atoms with Crippen LogP contribution in [0.1, 0.15) is 0 Å². The maximum absolute atomic E-state index is 14.9. The molecule has 2 aromatic heterocycles. The van der Waals surface area contributed by atoms with E-state index in [4.69, 9.17) is 28.1 Å². The number of halogens is 4. The standard InChI is InChI=1S/C41H19F4N5/c1-46-29-21-27-31(40-39(29)49-37(23-11-5-3-6-12-23)38(50-40)24-13-7-4-8-14-24)26-15-9-10-16-28(26)48-36(27)25-19-17-22(18-20-25)30-32(42)34(44)41(47-2)35(45)33(30)43/h3-21H. The Hall–Kier alpha value is -6.97. The Morgan fingerprint density at radius 1 is 0.460 bits per heavy atom. The molecule has 9 heteroatoms. The zero-order valence-corrected chi connectivity index (χ0v) is 25.7. The quantitative estimate of drug-likeness (QED) is 0.0819. The summed E-state index contributed by atoms with van der Waals surface area (Å²) in [5, 5.41) is 2.07. The van der Waals surface area contributed by atoms with Crippen molar-refractivity contribution in [2.75, 3.05) is 0 Å². The Morgan fingerprint density at radius 2 is 0.980 bits per heavy atom. The van der Waals surface area contributed by atoms with E-state index in [0.717, 1.165) is 16.5 Å². The van der Waals surface area contributed by atoms with E-state index in [1.807, 2.05) is 84.9 Å². The molecule has 8 rings (SSSR count). The highest BCUT2D eigenvalue weighted by molar-refractivity contribution is 6.23. The Kier molecular flexibility index (Phi) is 7.24. The minimum absolute atomic E-state index is 0.137. The zero-order chi connectivity index (χ0) is 34.5. The van der Waals surface area contributed by atoms with Crippen LogP contribution in [0.3, 0.4) is 0 Å². The molecule has 0 amide bonds. The van der Waals surface area contributed by atoms with E-state index in [1.54, 1.807) is 6.07 Å². The molecule has 0 aliphatic heterocycles. The van der Waals surface area contributed by atoms with E-state index in [2.05, 4.69) is 9.69 Å². The Labute approximate surface area is 282 Å². The molecule has 0 saturated heterocycles. The van der Waals surface area contributed by atoms with Gasteiger partial charge in [-0.1, -0.05) is 103 Å². The number of para-hydroxylation sites is 1. The van der Waals surface area contributed by atoms with Gasteiger partial charge in [-0.2, -0.15) is 0 Å². The molecule has 5 nitrogen and oxygen atoms in total. The van der Waals surface area contributed by atoms with Gasteiger partial charge in [0.15, 0.2) is 23.3 Å². The Balaban J connectivity index is 1.42. The van der Waals surface area contributed by atoms with Gasteiger partial charge >= 0.3 is 0 Å². The number of rotatable bonds is 4. The summed E-state index contributed by atoms with van der Waals surface area (Å²) in [6.45, 7) is 15.0. The van der Waals surface area contributed by atoms with Crippen molar-refractivity contribution in [3.8, 4) is 44.9 Å². The first-order chi connectivity index (χ1) is 24.4. The maximum atomic E-state index is 14.9. The minimum Gasteiger partial charge on any atom is -0.255 e. The van der Waals surface area contributed by atoms with Crippen molar-refractivity contribution in [1.82, 2.24) is 15.0 Å². The van der Waals surface area contributed by atoms with Gasteiger partial charge in [0.25, 0.3) is 5.69 Å². The topological polar surface area (TPSA) is 47.4 Å². The molecule has 0 spiro atoms. The van der Waals surface area contributed by atoms with Crippen molar-refractivity contribution in [2.24, 2.45) is 0 Å². The molecule has 0 N–H and O–H groups in total.